The second-order valence-electron chi connectivity index (χ2n) is 14.5. The Balaban J connectivity index is 4.67. The monoisotopic (exact) mass is 752 g/mol. The molecule has 0 saturated carbocycles. The van der Waals surface area contributed by atoms with Crippen LogP contribution < -0.4 is 5.32 Å². The average molecular weight is 752 g/mol. The second kappa shape index (κ2) is 41.2. The third kappa shape index (κ3) is 36.0. The highest BCUT2D eigenvalue weighted by Gasteiger charge is 2.24. The molecule has 0 aromatic rings. The van der Waals surface area contributed by atoms with Crippen LogP contribution in [-0.2, 0) is 14.3 Å². The first-order chi connectivity index (χ1) is 26.5. The summed E-state index contributed by atoms with van der Waals surface area (Å²) < 4.78 is 5.85. The number of hydrogen-bond acceptors (Lipinski definition) is 5. The molecule has 0 fully saturated rings. The topological polar surface area (TPSA) is 95.9 Å². The van der Waals surface area contributed by atoms with Gasteiger partial charge in [-0.2, -0.15) is 0 Å². The molecule has 6 nitrogen and oxygen atoms in total. The first kappa shape index (κ1) is 51.0. The molecule has 54 heavy (non-hydrogen) atoms. The number of carbonyl (C=O) groups is 2. The Hall–Kier alpha value is -2.96. The van der Waals surface area contributed by atoms with Crippen molar-refractivity contribution in [2.24, 2.45) is 0 Å². The van der Waals surface area contributed by atoms with E-state index >= 15 is 0 Å². The molecule has 0 aromatic heterocycles. The summed E-state index contributed by atoms with van der Waals surface area (Å²) >= 11 is 0. The van der Waals surface area contributed by atoms with Crippen molar-refractivity contribution >= 4 is 11.9 Å². The van der Waals surface area contributed by atoms with Crippen LogP contribution in [0.25, 0.3) is 0 Å². The van der Waals surface area contributed by atoms with Crippen molar-refractivity contribution in [1.29, 1.82) is 0 Å². The molecule has 3 unspecified atom stereocenters. The van der Waals surface area contributed by atoms with Crippen LogP contribution in [-0.4, -0.2) is 46.9 Å². The van der Waals surface area contributed by atoms with Crippen LogP contribution in [0.3, 0.4) is 0 Å². The number of unbranched alkanes of at least 4 members (excludes halogenated alkanes) is 16. The van der Waals surface area contributed by atoms with Gasteiger partial charge in [0.15, 0.2) is 0 Å². The van der Waals surface area contributed by atoms with Crippen molar-refractivity contribution in [3.8, 4) is 0 Å². The van der Waals surface area contributed by atoms with Crippen molar-refractivity contribution in [1.82, 2.24) is 5.32 Å². The van der Waals surface area contributed by atoms with Crippen LogP contribution >= 0.6 is 0 Å². The van der Waals surface area contributed by atoms with Crippen molar-refractivity contribution in [3.05, 3.63) is 85.1 Å². The van der Waals surface area contributed by atoms with Gasteiger partial charge in [-0.1, -0.05) is 189 Å². The molecule has 0 bridgehead atoms. The minimum atomic E-state index is -0.800. The molecule has 0 aliphatic carbocycles. The third-order valence-corrected chi connectivity index (χ3v) is 9.37. The highest BCUT2D eigenvalue weighted by molar-refractivity contribution is 5.77. The summed E-state index contributed by atoms with van der Waals surface area (Å²) in [4.78, 5) is 25.9. The number of nitrogens with one attached hydrogen (secondary N) is 1. The number of carbonyl (C=O) groups excluding carboxylic acids is 2. The Labute approximate surface area is 332 Å². The molecule has 1 amide bonds. The van der Waals surface area contributed by atoms with Crippen LogP contribution in [0.15, 0.2) is 85.1 Å². The fourth-order valence-corrected chi connectivity index (χ4v) is 6.03. The number of amides is 1. The van der Waals surface area contributed by atoms with Crippen molar-refractivity contribution in [2.45, 2.75) is 200 Å². The summed E-state index contributed by atoms with van der Waals surface area (Å²) in [5, 5.41) is 23.5. The van der Waals surface area contributed by atoms with Gasteiger partial charge in [0.2, 0.25) is 5.91 Å². The lowest BCUT2D eigenvalue weighted by Gasteiger charge is -2.24. The number of aliphatic hydroxyl groups is 2. The van der Waals surface area contributed by atoms with Gasteiger partial charge in [0, 0.05) is 6.42 Å². The summed E-state index contributed by atoms with van der Waals surface area (Å²) in [5.41, 5.74) is 0. The number of ether oxygens (including phenoxy) is 1. The minimum absolute atomic E-state index is 0.0430. The van der Waals surface area contributed by atoms with Gasteiger partial charge in [-0.3, -0.25) is 9.59 Å². The van der Waals surface area contributed by atoms with E-state index < -0.39 is 18.2 Å². The van der Waals surface area contributed by atoms with Crippen molar-refractivity contribution < 1.29 is 24.5 Å². The third-order valence-electron chi connectivity index (χ3n) is 9.37. The van der Waals surface area contributed by atoms with E-state index in [1.165, 1.54) is 51.4 Å². The van der Waals surface area contributed by atoms with Gasteiger partial charge in [0.1, 0.15) is 6.10 Å². The van der Waals surface area contributed by atoms with Crippen LogP contribution in [0.2, 0.25) is 0 Å². The maximum Gasteiger partial charge on any atom is 0.306 e. The van der Waals surface area contributed by atoms with E-state index in [0.29, 0.717) is 19.3 Å². The minimum Gasteiger partial charge on any atom is -0.462 e. The molecule has 3 N–H and O–H groups in total. The second-order valence-corrected chi connectivity index (χ2v) is 14.5. The average Bonchev–Trinajstić information content (AvgIpc) is 3.16. The molecule has 308 valence electrons. The number of esters is 1. The first-order valence-electron chi connectivity index (χ1n) is 21.9. The van der Waals surface area contributed by atoms with Crippen LogP contribution in [0, 0.1) is 0 Å². The molecular formula is C48H81NO5. The van der Waals surface area contributed by atoms with E-state index in [1.807, 2.05) is 60.8 Å². The lowest BCUT2D eigenvalue weighted by Crippen LogP contribution is -2.46. The lowest BCUT2D eigenvalue weighted by atomic mass is 10.0. The van der Waals surface area contributed by atoms with E-state index in [9.17, 15) is 19.8 Å². The number of rotatable bonds is 37. The quantitative estimate of drug-likeness (QED) is 0.0254. The normalized spacial score (nSPS) is 14.2. The molecule has 6 heteroatoms. The van der Waals surface area contributed by atoms with Crippen LogP contribution in [0.5, 0.6) is 0 Å². The maximum absolute atomic E-state index is 13.1. The van der Waals surface area contributed by atoms with Crippen molar-refractivity contribution in [2.75, 3.05) is 6.61 Å². The van der Waals surface area contributed by atoms with Gasteiger partial charge in [0.25, 0.3) is 0 Å². The van der Waals surface area contributed by atoms with Gasteiger partial charge in [-0.15, -0.1) is 0 Å². The van der Waals surface area contributed by atoms with E-state index in [4.69, 9.17) is 4.74 Å². The van der Waals surface area contributed by atoms with Crippen molar-refractivity contribution in [3.63, 3.8) is 0 Å². The Bertz CT molecular complexity index is 1070. The molecule has 0 radical (unpaired) electrons. The summed E-state index contributed by atoms with van der Waals surface area (Å²) in [5.74, 6) is -0.555. The first-order valence-corrected chi connectivity index (χ1v) is 21.9. The fraction of sp³-hybridized carbons (Fsp3) is 0.667. The molecule has 0 aliphatic rings. The smallest absolute Gasteiger partial charge is 0.306 e. The summed E-state index contributed by atoms with van der Waals surface area (Å²) in [6.07, 6.45) is 52.1. The lowest BCUT2D eigenvalue weighted by molar-refractivity contribution is -0.151. The standard InChI is InChI=1S/C48H81NO5/c1-4-7-10-13-16-19-20-21-22-23-24-25-26-29-32-35-38-41-48(53)54-44(39-36-33-30-27-17-14-11-8-5-2)42-47(52)49-45(43-50)46(51)40-37-34-31-28-18-15-12-9-6-3/h7,10,13-14,16-17,19-26,44-46,50-51H,4-6,8-9,11-12,15,18,27-43H2,1-3H3,(H,49,52)/b10-7-,16-13+,17-14-,20-19+,22-21-,24-23+,26-25+. The van der Waals surface area contributed by atoms with E-state index in [1.54, 1.807) is 0 Å². The summed E-state index contributed by atoms with van der Waals surface area (Å²) in [7, 11) is 0. The van der Waals surface area contributed by atoms with Crippen LogP contribution in [0.4, 0.5) is 0 Å². The highest BCUT2D eigenvalue weighted by Crippen LogP contribution is 2.16. The maximum atomic E-state index is 13.1. The number of aliphatic hydroxyl groups excluding tert-OH is 2. The Morgan fingerprint density at radius 2 is 1.04 bits per heavy atom. The number of hydrogen-bond donors (Lipinski definition) is 3. The zero-order valence-corrected chi connectivity index (χ0v) is 34.8. The van der Waals surface area contributed by atoms with E-state index in [-0.39, 0.29) is 24.9 Å². The van der Waals surface area contributed by atoms with E-state index in [2.05, 4.69) is 50.4 Å². The van der Waals surface area contributed by atoms with Crippen LogP contribution in [0.1, 0.15) is 181 Å². The van der Waals surface area contributed by atoms with Gasteiger partial charge in [-0.25, -0.2) is 0 Å². The fourth-order valence-electron chi connectivity index (χ4n) is 6.03. The Morgan fingerprint density at radius 3 is 1.63 bits per heavy atom. The van der Waals surface area contributed by atoms with Gasteiger partial charge < -0.3 is 20.3 Å². The largest absolute Gasteiger partial charge is 0.462 e. The molecular weight excluding hydrogens is 671 g/mol. The highest BCUT2D eigenvalue weighted by atomic mass is 16.5. The zero-order valence-electron chi connectivity index (χ0n) is 34.8. The predicted molar refractivity (Wildman–Crippen MR) is 231 cm³/mol. The van der Waals surface area contributed by atoms with Gasteiger partial charge in [0.05, 0.1) is 25.2 Å². The molecule has 0 saturated heterocycles. The molecule has 0 spiro atoms. The molecule has 0 aromatic carbocycles. The van der Waals surface area contributed by atoms with E-state index in [0.717, 1.165) is 83.5 Å². The summed E-state index contributed by atoms with van der Waals surface area (Å²) in [6.45, 7) is 6.23. The SMILES string of the molecule is CC\C=C/C=C/C=C/C=C\C=C\C=C\CCCCCC(=O)OC(CCCCC/C=C\CCCC)CC(=O)NC(CO)C(O)CCCCCCCCCCC. The number of allylic oxidation sites excluding steroid dienone is 14. The molecule has 3 atom stereocenters. The molecule has 0 rings (SSSR count). The molecule has 0 heterocycles. The Kier molecular flexibility index (Phi) is 38.9. The molecule has 0 aliphatic heterocycles. The zero-order chi connectivity index (χ0) is 39.6. The summed E-state index contributed by atoms with van der Waals surface area (Å²) in [6, 6.07) is -0.717. The predicted octanol–water partition coefficient (Wildman–Crippen LogP) is 12.4. The van der Waals surface area contributed by atoms with Gasteiger partial charge in [-0.05, 0) is 64.2 Å². The van der Waals surface area contributed by atoms with Gasteiger partial charge >= 0.3 is 5.97 Å². The Morgan fingerprint density at radius 1 is 0.556 bits per heavy atom.